The van der Waals surface area contributed by atoms with Gasteiger partial charge in [-0.3, -0.25) is 0 Å². The summed E-state index contributed by atoms with van der Waals surface area (Å²) < 4.78 is 10.7. The second kappa shape index (κ2) is 3.91. The van der Waals surface area contributed by atoms with Crippen LogP contribution in [0.25, 0.3) is 0 Å². The van der Waals surface area contributed by atoms with Crippen molar-refractivity contribution in [1.82, 2.24) is 5.32 Å². The van der Waals surface area contributed by atoms with E-state index in [0.717, 1.165) is 32.5 Å². The minimum atomic E-state index is -0.421. The molecule has 1 saturated carbocycles. The molecular formula is C12H21NO3. The van der Waals surface area contributed by atoms with E-state index in [1.807, 2.05) is 20.8 Å². The maximum atomic E-state index is 11.6. The average molecular weight is 227 g/mol. The third-order valence-electron chi connectivity index (χ3n) is 3.23. The zero-order chi connectivity index (χ0) is 11.8. The number of carbonyl (C=O) groups excluding carboxylic acids is 1. The van der Waals surface area contributed by atoms with Crippen LogP contribution < -0.4 is 5.32 Å². The van der Waals surface area contributed by atoms with Crippen molar-refractivity contribution in [2.45, 2.75) is 51.7 Å². The Balaban J connectivity index is 1.78. The number of amides is 1. The summed E-state index contributed by atoms with van der Waals surface area (Å²) in [6, 6.07) is 0.252. The van der Waals surface area contributed by atoms with Gasteiger partial charge in [0.2, 0.25) is 0 Å². The van der Waals surface area contributed by atoms with Gasteiger partial charge in [-0.1, -0.05) is 0 Å². The van der Waals surface area contributed by atoms with Gasteiger partial charge in [0, 0.05) is 18.1 Å². The van der Waals surface area contributed by atoms with Gasteiger partial charge in [0.15, 0.2) is 0 Å². The molecule has 0 aromatic rings. The van der Waals surface area contributed by atoms with Gasteiger partial charge >= 0.3 is 6.09 Å². The van der Waals surface area contributed by atoms with Crippen molar-refractivity contribution in [3.63, 3.8) is 0 Å². The van der Waals surface area contributed by atoms with Crippen LogP contribution in [0.4, 0.5) is 4.79 Å². The van der Waals surface area contributed by atoms with E-state index in [1.54, 1.807) is 0 Å². The molecule has 1 N–H and O–H groups in total. The Kier molecular flexibility index (Phi) is 2.86. The van der Waals surface area contributed by atoms with Crippen LogP contribution in [0.1, 0.15) is 40.0 Å². The molecule has 2 fully saturated rings. The summed E-state index contributed by atoms with van der Waals surface area (Å²) in [6.07, 6.45) is 2.99. The molecule has 0 bridgehead atoms. The third kappa shape index (κ3) is 2.67. The van der Waals surface area contributed by atoms with E-state index in [1.165, 1.54) is 0 Å². The van der Waals surface area contributed by atoms with Crippen LogP contribution >= 0.6 is 0 Å². The van der Waals surface area contributed by atoms with Gasteiger partial charge in [0.1, 0.15) is 5.60 Å². The first-order valence-electron chi connectivity index (χ1n) is 5.99. The fourth-order valence-electron chi connectivity index (χ4n) is 2.31. The highest BCUT2D eigenvalue weighted by molar-refractivity contribution is 5.68. The molecule has 1 aliphatic carbocycles. The zero-order valence-corrected chi connectivity index (χ0v) is 10.3. The molecule has 4 nitrogen and oxygen atoms in total. The highest BCUT2D eigenvalue weighted by atomic mass is 16.6. The Labute approximate surface area is 96.7 Å². The molecule has 0 aromatic heterocycles. The largest absolute Gasteiger partial charge is 0.444 e. The number of alkyl carbamates (subject to hydrolysis) is 1. The molecule has 16 heavy (non-hydrogen) atoms. The first-order chi connectivity index (χ1) is 7.41. The van der Waals surface area contributed by atoms with Crippen LogP contribution in [0.5, 0.6) is 0 Å². The van der Waals surface area contributed by atoms with E-state index >= 15 is 0 Å². The molecule has 1 aliphatic heterocycles. The molecule has 0 radical (unpaired) electrons. The topological polar surface area (TPSA) is 47.6 Å². The molecule has 0 unspecified atom stereocenters. The second-order valence-corrected chi connectivity index (χ2v) is 5.92. The van der Waals surface area contributed by atoms with Crippen LogP contribution in [0.15, 0.2) is 0 Å². The predicted molar refractivity (Wildman–Crippen MR) is 60.3 cm³/mol. The minimum Gasteiger partial charge on any atom is -0.444 e. The lowest BCUT2D eigenvalue weighted by molar-refractivity contribution is 0.0333. The molecule has 1 heterocycles. The molecule has 2 rings (SSSR count). The predicted octanol–water partition coefficient (Wildman–Crippen LogP) is 2.08. The Morgan fingerprint density at radius 1 is 1.50 bits per heavy atom. The highest BCUT2D eigenvalue weighted by Gasteiger charge is 2.55. The summed E-state index contributed by atoms with van der Waals surface area (Å²) in [6.45, 7) is 7.27. The Morgan fingerprint density at radius 3 is 2.81 bits per heavy atom. The van der Waals surface area contributed by atoms with Gasteiger partial charge in [0.25, 0.3) is 0 Å². The lowest BCUT2D eigenvalue weighted by Gasteiger charge is -2.24. The summed E-state index contributed by atoms with van der Waals surface area (Å²) in [7, 11) is 0. The Morgan fingerprint density at radius 2 is 2.25 bits per heavy atom. The van der Waals surface area contributed by atoms with Crippen molar-refractivity contribution in [3.8, 4) is 0 Å². The SMILES string of the molecule is CC(C)(C)OC(=O)N[C@@H]1C[C@@]12CCCOC2. The van der Waals surface area contributed by atoms with Crippen molar-refractivity contribution >= 4 is 6.09 Å². The monoisotopic (exact) mass is 227 g/mol. The van der Waals surface area contributed by atoms with E-state index in [0.29, 0.717) is 0 Å². The standard InChI is InChI=1S/C12H21NO3/c1-11(2,3)16-10(14)13-9-7-12(9)5-4-6-15-8-12/h9H,4-8H2,1-3H3,(H,13,14)/t9-,12-/m1/s1. The minimum absolute atomic E-state index is 0.217. The maximum absolute atomic E-state index is 11.6. The molecule has 0 aromatic carbocycles. The quantitative estimate of drug-likeness (QED) is 0.746. The summed E-state index contributed by atoms with van der Waals surface area (Å²) in [5.41, 5.74) is -0.204. The zero-order valence-electron chi connectivity index (χ0n) is 10.3. The number of hydrogen-bond donors (Lipinski definition) is 1. The van der Waals surface area contributed by atoms with Crippen LogP contribution in [0, 0.1) is 5.41 Å². The van der Waals surface area contributed by atoms with Crippen molar-refractivity contribution in [1.29, 1.82) is 0 Å². The number of hydrogen-bond acceptors (Lipinski definition) is 3. The van der Waals surface area contributed by atoms with E-state index in [4.69, 9.17) is 9.47 Å². The van der Waals surface area contributed by atoms with Crippen LogP contribution in [0.2, 0.25) is 0 Å². The van der Waals surface area contributed by atoms with Crippen molar-refractivity contribution in [3.05, 3.63) is 0 Å². The van der Waals surface area contributed by atoms with E-state index in [-0.39, 0.29) is 17.6 Å². The van der Waals surface area contributed by atoms with Gasteiger partial charge in [-0.15, -0.1) is 0 Å². The average Bonchev–Trinajstić information content (AvgIpc) is 2.75. The second-order valence-electron chi connectivity index (χ2n) is 5.92. The van der Waals surface area contributed by atoms with Gasteiger partial charge in [-0.05, 0) is 40.0 Å². The van der Waals surface area contributed by atoms with Crippen molar-refractivity contribution in [2.24, 2.45) is 5.41 Å². The number of carbonyl (C=O) groups is 1. The number of ether oxygens (including phenoxy) is 2. The van der Waals surface area contributed by atoms with E-state index in [2.05, 4.69) is 5.32 Å². The first kappa shape index (κ1) is 11.7. The highest BCUT2D eigenvalue weighted by Crippen LogP contribution is 2.51. The summed E-state index contributed by atoms with van der Waals surface area (Å²) in [5, 5.41) is 2.93. The lowest BCUT2D eigenvalue weighted by atomic mass is 9.98. The molecule has 1 amide bonds. The Hall–Kier alpha value is -0.770. The fraction of sp³-hybridized carbons (Fsp3) is 0.917. The summed E-state index contributed by atoms with van der Waals surface area (Å²) in [5.74, 6) is 0. The van der Waals surface area contributed by atoms with Gasteiger partial charge in [-0.2, -0.15) is 0 Å². The number of nitrogens with one attached hydrogen (secondary N) is 1. The van der Waals surface area contributed by atoms with Crippen LogP contribution in [-0.2, 0) is 9.47 Å². The van der Waals surface area contributed by atoms with Gasteiger partial charge in [-0.25, -0.2) is 4.79 Å². The molecule has 4 heteroatoms. The third-order valence-corrected chi connectivity index (χ3v) is 3.23. The van der Waals surface area contributed by atoms with Crippen LogP contribution in [0.3, 0.4) is 0 Å². The molecule has 1 saturated heterocycles. The molecule has 1 spiro atoms. The summed E-state index contributed by atoms with van der Waals surface area (Å²) >= 11 is 0. The maximum Gasteiger partial charge on any atom is 0.407 e. The van der Waals surface area contributed by atoms with Crippen molar-refractivity contribution < 1.29 is 14.3 Å². The Bertz CT molecular complexity index is 276. The van der Waals surface area contributed by atoms with E-state index < -0.39 is 5.60 Å². The lowest BCUT2D eigenvalue weighted by Crippen LogP contribution is -2.37. The van der Waals surface area contributed by atoms with Gasteiger partial charge in [0.05, 0.1) is 6.61 Å². The normalized spacial score (nSPS) is 33.6. The molecular weight excluding hydrogens is 206 g/mol. The van der Waals surface area contributed by atoms with E-state index in [9.17, 15) is 4.79 Å². The van der Waals surface area contributed by atoms with Crippen LogP contribution in [-0.4, -0.2) is 30.9 Å². The molecule has 2 aliphatic rings. The molecule has 92 valence electrons. The molecule has 2 atom stereocenters. The van der Waals surface area contributed by atoms with Crippen molar-refractivity contribution in [2.75, 3.05) is 13.2 Å². The summed E-state index contributed by atoms with van der Waals surface area (Å²) in [4.78, 5) is 11.6. The smallest absolute Gasteiger partial charge is 0.407 e. The van der Waals surface area contributed by atoms with Gasteiger partial charge < -0.3 is 14.8 Å². The first-order valence-corrected chi connectivity index (χ1v) is 5.99. The number of rotatable bonds is 1. The fourth-order valence-corrected chi connectivity index (χ4v) is 2.31.